The fourth-order valence-corrected chi connectivity index (χ4v) is 3.78. The zero-order chi connectivity index (χ0) is 12.8. The van der Waals surface area contributed by atoms with Crippen LogP contribution in [0.1, 0.15) is 58.3 Å². The molecule has 1 aliphatic carbocycles. The Labute approximate surface area is 114 Å². The van der Waals surface area contributed by atoms with Crippen LogP contribution in [0.5, 0.6) is 0 Å². The Morgan fingerprint density at radius 1 is 1.11 bits per heavy atom. The number of nitrogens with one attached hydrogen (secondary N) is 1. The maximum Gasteiger partial charge on any atom is 0.00947 e. The second-order valence-corrected chi connectivity index (χ2v) is 6.74. The average Bonchev–Trinajstić information content (AvgIpc) is 2.40. The van der Waals surface area contributed by atoms with Crippen molar-refractivity contribution in [2.45, 2.75) is 64.3 Å². The monoisotopic (exact) mass is 252 g/mol. The lowest BCUT2D eigenvalue weighted by Crippen LogP contribution is -2.36. The van der Waals surface area contributed by atoms with Gasteiger partial charge < -0.3 is 10.2 Å². The summed E-state index contributed by atoms with van der Waals surface area (Å²) in [6.45, 7) is 6.25. The molecule has 2 aliphatic rings. The first kappa shape index (κ1) is 14.3. The number of nitrogens with zero attached hydrogens (tertiary/aromatic N) is 1. The van der Waals surface area contributed by atoms with E-state index in [2.05, 4.69) is 24.2 Å². The van der Waals surface area contributed by atoms with Crippen molar-refractivity contribution in [3.8, 4) is 0 Å². The summed E-state index contributed by atoms with van der Waals surface area (Å²) in [4.78, 5) is 2.65. The molecule has 0 amide bonds. The third kappa shape index (κ3) is 4.55. The zero-order valence-electron chi connectivity index (χ0n) is 12.5. The van der Waals surface area contributed by atoms with Crippen LogP contribution in [0.2, 0.25) is 0 Å². The average molecular weight is 252 g/mol. The zero-order valence-corrected chi connectivity index (χ0v) is 12.5. The van der Waals surface area contributed by atoms with E-state index >= 15 is 0 Å². The molecule has 1 N–H and O–H groups in total. The van der Waals surface area contributed by atoms with Crippen LogP contribution in [0.15, 0.2) is 0 Å². The fraction of sp³-hybridized carbons (Fsp3) is 1.00. The lowest BCUT2D eigenvalue weighted by Gasteiger charge is -2.34. The van der Waals surface area contributed by atoms with Crippen LogP contribution in [0.3, 0.4) is 0 Å². The molecule has 0 aromatic carbocycles. The van der Waals surface area contributed by atoms with Gasteiger partial charge >= 0.3 is 0 Å². The molecule has 0 bridgehead atoms. The maximum atomic E-state index is 3.46. The van der Waals surface area contributed by atoms with Gasteiger partial charge in [-0.05, 0) is 77.0 Å². The molecule has 0 radical (unpaired) electrons. The molecular formula is C16H32N2. The molecule has 0 aromatic rings. The minimum atomic E-state index is 0.877. The van der Waals surface area contributed by atoms with E-state index in [0.29, 0.717) is 0 Å². The molecule has 2 atom stereocenters. The van der Waals surface area contributed by atoms with Crippen molar-refractivity contribution in [3.05, 3.63) is 0 Å². The highest BCUT2D eigenvalue weighted by Gasteiger charge is 2.22. The summed E-state index contributed by atoms with van der Waals surface area (Å²) in [5, 5.41) is 3.46. The Balaban J connectivity index is 1.60. The molecular weight excluding hydrogens is 220 g/mol. The highest BCUT2D eigenvalue weighted by molar-refractivity contribution is 4.77. The van der Waals surface area contributed by atoms with Gasteiger partial charge in [0.05, 0.1) is 0 Å². The normalized spacial score (nSPS) is 30.8. The maximum absolute atomic E-state index is 3.46. The first-order valence-corrected chi connectivity index (χ1v) is 8.16. The molecule has 0 spiro atoms. The summed E-state index contributed by atoms with van der Waals surface area (Å²) in [6.07, 6.45) is 11.5. The molecule has 106 valence electrons. The first-order valence-electron chi connectivity index (χ1n) is 8.16. The Bertz CT molecular complexity index is 223. The summed E-state index contributed by atoms with van der Waals surface area (Å²) in [7, 11) is 2.35. The molecule has 1 heterocycles. The molecule has 2 rings (SSSR count). The predicted molar refractivity (Wildman–Crippen MR) is 78.9 cm³/mol. The molecule has 2 nitrogen and oxygen atoms in total. The van der Waals surface area contributed by atoms with E-state index in [9.17, 15) is 0 Å². The summed E-state index contributed by atoms with van der Waals surface area (Å²) < 4.78 is 0. The second kappa shape index (κ2) is 7.49. The van der Waals surface area contributed by atoms with Gasteiger partial charge in [0.2, 0.25) is 0 Å². The van der Waals surface area contributed by atoms with Crippen LogP contribution in [-0.4, -0.2) is 37.6 Å². The van der Waals surface area contributed by atoms with Gasteiger partial charge in [-0.2, -0.15) is 0 Å². The Hall–Kier alpha value is -0.0800. The summed E-state index contributed by atoms with van der Waals surface area (Å²) in [5.74, 6) is 1.96. The third-order valence-electron chi connectivity index (χ3n) is 5.11. The quantitative estimate of drug-likeness (QED) is 0.808. The number of rotatable bonds is 5. The van der Waals surface area contributed by atoms with Crippen molar-refractivity contribution in [2.75, 3.05) is 26.7 Å². The van der Waals surface area contributed by atoms with E-state index in [4.69, 9.17) is 0 Å². The van der Waals surface area contributed by atoms with Gasteiger partial charge in [0, 0.05) is 6.04 Å². The van der Waals surface area contributed by atoms with Crippen molar-refractivity contribution >= 4 is 0 Å². The van der Waals surface area contributed by atoms with Gasteiger partial charge in [-0.25, -0.2) is 0 Å². The van der Waals surface area contributed by atoms with Crippen LogP contribution in [0.25, 0.3) is 0 Å². The van der Waals surface area contributed by atoms with E-state index < -0.39 is 0 Å². The predicted octanol–water partition coefficient (Wildman–Crippen LogP) is 3.28. The van der Waals surface area contributed by atoms with E-state index in [1.54, 1.807) is 0 Å². The topological polar surface area (TPSA) is 15.3 Å². The molecule has 18 heavy (non-hydrogen) atoms. The fourth-order valence-electron chi connectivity index (χ4n) is 3.78. The minimum Gasteiger partial charge on any atom is -0.317 e. The van der Waals surface area contributed by atoms with Crippen molar-refractivity contribution in [3.63, 3.8) is 0 Å². The Morgan fingerprint density at radius 3 is 2.61 bits per heavy atom. The van der Waals surface area contributed by atoms with Crippen molar-refractivity contribution < 1.29 is 0 Å². The van der Waals surface area contributed by atoms with E-state index in [0.717, 1.165) is 17.9 Å². The van der Waals surface area contributed by atoms with Gasteiger partial charge in [0.15, 0.2) is 0 Å². The Morgan fingerprint density at radius 2 is 1.89 bits per heavy atom. The summed E-state index contributed by atoms with van der Waals surface area (Å²) >= 11 is 0. The van der Waals surface area contributed by atoms with Crippen LogP contribution in [0, 0.1) is 11.8 Å². The molecule has 2 heteroatoms. The van der Waals surface area contributed by atoms with Gasteiger partial charge in [0.25, 0.3) is 0 Å². The van der Waals surface area contributed by atoms with E-state index in [-0.39, 0.29) is 0 Å². The van der Waals surface area contributed by atoms with Gasteiger partial charge in [0.1, 0.15) is 0 Å². The third-order valence-corrected chi connectivity index (χ3v) is 5.11. The largest absolute Gasteiger partial charge is 0.317 e. The van der Waals surface area contributed by atoms with E-state index in [1.165, 1.54) is 71.0 Å². The highest BCUT2D eigenvalue weighted by atomic mass is 15.1. The standard InChI is InChI=1S/C16H32N2/c1-14-5-3-7-16(13-14)18(2)12-4-6-15-8-10-17-11-9-15/h14-17H,3-13H2,1-2H3. The van der Waals surface area contributed by atoms with Crippen LogP contribution < -0.4 is 5.32 Å². The summed E-state index contributed by atoms with van der Waals surface area (Å²) in [5.41, 5.74) is 0. The van der Waals surface area contributed by atoms with Crippen molar-refractivity contribution in [1.29, 1.82) is 0 Å². The van der Waals surface area contributed by atoms with E-state index in [1.807, 2.05) is 0 Å². The first-order chi connectivity index (χ1) is 8.75. The molecule has 1 saturated carbocycles. The van der Waals surface area contributed by atoms with Crippen LogP contribution in [0.4, 0.5) is 0 Å². The van der Waals surface area contributed by atoms with Crippen molar-refractivity contribution in [1.82, 2.24) is 10.2 Å². The van der Waals surface area contributed by atoms with Gasteiger partial charge in [-0.15, -0.1) is 0 Å². The van der Waals surface area contributed by atoms with Crippen molar-refractivity contribution in [2.24, 2.45) is 11.8 Å². The van der Waals surface area contributed by atoms with Gasteiger partial charge in [-0.3, -0.25) is 0 Å². The SMILES string of the molecule is CC1CCCC(N(C)CCCC2CCNCC2)C1. The summed E-state index contributed by atoms with van der Waals surface area (Å²) in [6, 6.07) is 0.877. The lowest BCUT2D eigenvalue weighted by molar-refractivity contribution is 0.158. The molecule has 0 aromatic heterocycles. The lowest BCUT2D eigenvalue weighted by atomic mass is 9.86. The number of hydrogen-bond donors (Lipinski definition) is 1. The number of hydrogen-bond acceptors (Lipinski definition) is 2. The van der Waals surface area contributed by atoms with Crippen LogP contribution >= 0.6 is 0 Å². The van der Waals surface area contributed by atoms with Gasteiger partial charge in [-0.1, -0.05) is 19.8 Å². The van der Waals surface area contributed by atoms with Crippen LogP contribution in [-0.2, 0) is 0 Å². The Kier molecular flexibility index (Phi) is 5.97. The highest BCUT2D eigenvalue weighted by Crippen LogP contribution is 2.27. The molecule has 2 unspecified atom stereocenters. The smallest absolute Gasteiger partial charge is 0.00947 e. The second-order valence-electron chi connectivity index (χ2n) is 6.74. The molecule has 1 aliphatic heterocycles. The number of piperidine rings is 1. The minimum absolute atomic E-state index is 0.877. The molecule has 2 fully saturated rings. The molecule has 1 saturated heterocycles.